The van der Waals surface area contributed by atoms with E-state index >= 15 is 0 Å². The van der Waals surface area contributed by atoms with Gasteiger partial charge in [-0.3, -0.25) is 48.1 Å². The third kappa shape index (κ3) is 14.8. The number of nitrogens with zero attached hydrogens (tertiary/aromatic N) is 4. The van der Waals surface area contributed by atoms with Crippen LogP contribution < -0.4 is 20.7 Å². The second-order valence-corrected chi connectivity index (χ2v) is 16.3. The van der Waals surface area contributed by atoms with Gasteiger partial charge >= 0.3 is 23.9 Å². The molecule has 3 rings (SSSR count). The van der Waals surface area contributed by atoms with Gasteiger partial charge in [-0.15, -0.1) is 21.8 Å². The number of carbonyl (C=O) groups excluding carboxylic acids is 3. The number of nitrogens with two attached hydrogens (primary N) is 1. The third-order valence-electron chi connectivity index (χ3n) is 8.63. The second kappa shape index (κ2) is 22.2. The fourth-order valence-corrected chi connectivity index (χ4v) is 8.32. The molecule has 0 aliphatic carbocycles. The number of hydrogen-bond acceptors (Lipinski definition) is 16. The summed E-state index contributed by atoms with van der Waals surface area (Å²) in [6.07, 6.45) is -0.107. The molecule has 0 spiro atoms. The Kier molecular flexibility index (Phi) is 18.2. The number of rotatable bonds is 26. The Morgan fingerprint density at radius 1 is 0.881 bits per heavy atom. The van der Waals surface area contributed by atoms with Crippen molar-refractivity contribution in [2.45, 2.75) is 48.0 Å². The summed E-state index contributed by atoms with van der Waals surface area (Å²) in [5, 5.41) is 40.5. The molecule has 2 aromatic rings. The highest BCUT2D eigenvalue weighted by Gasteiger charge is 2.40. The van der Waals surface area contributed by atoms with Crippen molar-refractivity contribution in [2.75, 3.05) is 68.8 Å². The van der Waals surface area contributed by atoms with Gasteiger partial charge < -0.3 is 31.5 Å². The van der Waals surface area contributed by atoms with Crippen LogP contribution in [0.2, 0.25) is 0 Å². The zero-order valence-electron chi connectivity index (χ0n) is 32.3. The lowest BCUT2D eigenvalue weighted by atomic mass is 10.0. The van der Waals surface area contributed by atoms with Crippen LogP contribution in [0.4, 0.5) is 11.4 Å². The molecule has 1 heterocycles. The first kappa shape index (κ1) is 48.2. The fraction of sp³-hybridized carbons (Fsp3) is 0.457. The van der Waals surface area contributed by atoms with E-state index in [2.05, 4.69) is 10.0 Å². The highest BCUT2D eigenvalue weighted by Crippen LogP contribution is 2.31. The molecule has 2 aromatic carbocycles. The largest absolute Gasteiger partial charge is 0.480 e. The van der Waals surface area contributed by atoms with E-state index in [1.807, 2.05) is 0 Å². The number of carboxylic acids is 4. The monoisotopic (exact) mass is 869 g/mol. The maximum absolute atomic E-state index is 13.3. The Hall–Kier alpha value is -5.21. The molecule has 1 fully saturated rings. The Morgan fingerprint density at radius 3 is 1.90 bits per heavy atom. The van der Waals surface area contributed by atoms with Crippen LogP contribution in [0.3, 0.4) is 0 Å². The summed E-state index contributed by atoms with van der Waals surface area (Å²) in [6.45, 7) is -1.48. The number of hydroxylamine groups is 2. The number of nitrogens with one attached hydrogen (secondary N) is 2. The van der Waals surface area contributed by atoms with Gasteiger partial charge in [0.15, 0.2) is 0 Å². The van der Waals surface area contributed by atoms with Crippen molar-refractivity contribution in [2.24, 2.45) is 5.73 Å². The van der Waals surface area contributed by atoms with Gasteiger partial charge in [-0.05, 0) is 55.3 Å². The first-order valence-electron chi connectivity index (χ1n) is 17.7. The number of imide groups is 1. The van der Waals surface area contributed by atoms with E-state index < -0.39 is 101 Å². The van der Waals surface area contributed by atoms with E-state index in [0.717, 1.165) is 26.5 Å². The number of benzene rings is 2. The molecule has 3 amide bonds. The van der Waals surface area contributed by atoms with E-state index in [-0.39, 0.29) is 48.0 Å². The number of hydrogen-bond donors (Lipinski definition) is 7. The molecular formula is C35H47N7O15S2. The Bertz CT molecular complexity index is 1910. The van der Waals surface area contributed by atoms with E-state index in [4.69, 9.17) is 15.6 Å². The molecule has 2 unspecified atom stereocenters. The first-order valence-corrected chi connectivity index (χ1v) is 20.3. The summed E-state index contributed by atoms with van der Waals surface area (Å²) < 4.78 is 29.1. The van der Waals surface area contributed by atoms with Crippen molar-refractivity contribution in [1.82, 2.24) is 20.2 Å². The molecule has 8 N–H and O–H groups in total. The van der Waals surface area contributed by atoms with Crippen LogP contribution in [0.25, 0.3) is 0 Å². The molecule has 0 bridgehead atoms. The number of thioether (sulfide) groups is 1. The molecule has 0 radical (unpaired) electrons. The van der Waals surface area contributed by atoms with Crippen molar-refractivity contribution < 1.29 is 72.3 Å². The molecular weight excluding hydrogens is 823 g/mol. The van der Waals surface area contributed by atoms with Crippen LogP contribution in [0.1, 0.15) is 18.9 Å². The minimum absolute atomic E-state index is 0.0178. The topological polar surface area (TPSA) is 316 Å². The van der Waals surface area contributed by atoms with Crippen molar-refractivity contribution in [3.63, 3.8) is 0 Å². The van der Waals surface area contributed by atoms with E-state index in [0.29, 0.717) is 5.56 Å². The number of sulfonamides is 1. The van der Waals surface area contributed by atoms with Gasteiger partial charge in [0.25, 0.3) is 10.0 Å². The van der Waals surface area contributed by atoms with Crippen LogP contribution in [-0.4, -0.2) is 168 Å². The summed E-state index contributed by atoms with van der Waals surface area (Å²) >= 11 is 1.07. The SMILES string of the molecule is CNC(=O)C(N)CSC1CC(=O)N(c2ccc(S(=O)(=O)Nc3ccc(C[C@H](CN(CC(=O)O)CC(=O)O)N(OOC)[C@@H](C)CN(CC(=O)O)CC(=O)O)cc3)cc2)C1=O. The Balaban J connectivity index is 1.81. The maximum Gasteiger partial charge on any atom is 0.317 e. The highest BCUT2D eigenvalue weighted by atomic mass is 32.2. The summed E-state index contributed by atoms with van der Waals surface area (Å²) in [5.41, 5.74) is 6.61. The average molecular weight is 870 g/mol. The van der Waals surface area contributed by atoms with Crippen LogP contribution in [0.5, 0.6) is 0 Å². The lowest BCUT2D eigenvalue weighted by molar-refractivity contribution is -0.434. The quantitative estimate of drug-likeness (QED) is 0.0337. The Morgan fingerprint density at radius 2 is 1.41 bits per heavy atom. The van der Waals surface area contributed by atoms with Gasteiger partial charge in [-0.25, -0.2) is 18.2 Å². The predicted molar refractivity (Wildman–Crippen MR) is 209 cm³/mol. The highest BCUT2D eigenvalue weighted by molar-refractivity contribution is 8.00. The fourth-order valence-electron chi connectivity index (χ4n) is 6.16. The molecule has 1 saturated heterocycles. The van der Waals surface area contributed by atoms with Gasteiger partial charge in [0.2, 0.25) is 17.7 Å². The summed E-state index contributed by atoms with van der Waals surface area (Å²) in [4.78, 5) is 97.0. The third-order valence-corrected chi connectivity index (χ3v) is 11.3. The lowest BCUT2D eigenvalue weighted by Gasteiger charge is -2.37. The minimum Gasteiger partial charge on any atom is -0.480 e. The smallest absolute Gasteiger partial charge is 0.317 e. The molecule has 0 saturated carbocycles. The molecule has 22 nitrogen and oxygen atoms in total. The van der Waals surface area contributed by atoms with Crippen LogP contribution in [0, 0.1) is 0 Å². The van der Waals surface area contributed by atoms with Gasteiger partial charge in [0.1, 0.15) is 0 Å². The zero-order chi connectivity index (χ0) is 44.0. The van der Waals surface area contributed by atoms with Crippen molar-refractivity contribution in [3.8, 4) is 0 Å². The number of aliphatic carboxylic acids is 4. The van der Waals surface area contributed by atoms with Crippen molar-refractivity contribution >= 4 is 74.8 Å². The predicted octanol–water partition coefficient (Wildman–Crippen LogP) is -1.04. The lowest BCUT2D eigenvalue weighted by Crippen LogP contribution is -2.54. The van der Waals surface area contributed by atoms with E-state index in [1.165, 1.54) is 55.6 Å². The number of amides is 3. The summed E-state index contributed by atoms with van der Waals surface area (Å²) in [5.74, 6) is -6.57. The molecule has 24 heteroatoms. The average Bonchev–Trinajstić information content (AvgIpc) is 3.43. The van der Waals surface area contributed by atoms with Crippen LogP contribution in [0.15, 0.2) is 53.4 Å². The second-order valence-electron chi connectivity index (χ2n) is 13.3. The standard InChI is InChI=1S/C35H47N7O15S2/c1-21(14-39(16-30(44)45)17-31(46)47)42(57-56-3)25(15-40(18-32(48)49)19-33(50)51)12-22-4-6-23(7-5-22)38-59(54,55)26-10-8-24(9-11-26)41-29(43)13-28(35(41)53)58-20-27(36)34(52)37-2/h4-11,21,25,27-28,38H,12-20,36H2,1-3H3,(H,37,52)(H,44,45)(H,46,47)(H,48,49)(H,50,51)/t21-,25+,27?,28?/m0/s1. The number of anilines is 2. The first-order chi connectivity index (χ1) is 27.7. The van der Waals surface area contributed by atoms with Gasteiger partial charge in [0, 0.05) is 44.0 Å². The zero-order valence-corrected chi connectivity index (χ0v) is 33.9. The van der Waals surface area contributed by atoms with Crippen LogP contribution >= 0.6 is 11.8 Å². The van der Waals surface area contributed by atoms with Crippen molar-refractivity contribution in [3.05, 3.63) is 54.1 Å². The van der Waals surface area contributed by atoms with Gasteiger partial charge in [-0.1, -0.05) is 12.1 Å². The van der Waals surface area contributed by atoms with E-state index in [1.54, 1.807) is 19.1 Å². The number of carbonyl (C=O) groups is 7. The van der Waals surface area contributed by atoms with Crippen LogP contribution in [-0.2, 0) is 59.9 Å². The molecule has 4 atom stereocenters. The molecule has 1 aliphatic heterocycles. The summed E-state index contributed by atoms with van der Waals surface area (Å²) in [7, 11) is -1.61. The molecule has 1 aliphatic rings. The maximum atomic E-state index is 13.3. The minimum atomic E-state index is -4.20. The molecule has 59 heavy (non-hydrogen) atoms. The van der Waals surface area contributed by atoms with Gasteiger partial charge in [0.05, 0.1) is 61.2 Å². The van der Waals surface area contributed by atoms with Crippen molar-refractivity contribution in [1.29, 1.82) is 0 Å². The Labute approximate surface area is 343 Å². The normalized spacial score (nSPS) is 16.0. The number of carboxylic acid groups (broad SMARTS) is 4. The molecule has 324 valence electrons. The molecule has 0 aromatic heterocycles. The summed E-state index contributed by atoms with van der Waals surface area (Å²) in [6, 6.07) is 8.44. The van der Waals surface area contributed by atoms with Gasteiger partial charge in [-0.2, -0.15) is 0 Å². The van der Waals surface area contributed by atoms with E-state index in [9.17, 15) is 62.4 Å². The number of likely N-dealkylation sites (N-methyl/N-ethyl adjacent to an activating group) is 1.